The standard InChI is InChI=1S/C44H44BrN4O5S/c1-4-46-38-24-30(3)16-18-37(38)49(28-31-12-8-6-9-13-31)41(46)27-35-43(52)34(44(35)55-29-42(51)54-33-14-10-7-11-15-33)26-40-47(5-2)39-25-32(45)17-19-36(39)48(40)20-22-53-23-21-50/h6-19,24-27,50H,4-5,20-23,28-29H2,1-3H3/q+1. The molecule has 0 saturated heterocycles. The van der Waals surface area contributed by atoms with E-state index in [0.717, 1.165) is 54.6 Å². The van der Waals surface area contributed by atoms with Crippen molar-refractivity contribution in [3.63, 3.8) is 0 Å². The molecule has 4 aromatic carbocycles. The van der Waals surface area contributed by atoms with Crippen LogP contribution in [0.1, 0.15) is 30.8 Å². The first-order valence-electron chi connectivity index (χ1n) is 18.5. The Morgan fingerprint density at radius 2 is 1.65 bits per heavy atom. The molecule has 7 rings (SSSR count). The summed E-state index contributed by atoms with van der Waals surface area (Å²) in [5, 5.41) is 9.32. The molecule has 2 aliphatic rings. The lowest BCUT2D eigenvalue weighted by Gasteiger charge is -2.28. The van der Waals surface area contributed by atoms with Crippen LogP contribution in [0.25, 0.3) is 17.1 Å². The van der Waals surface area contributed by atoms with E-state index in [2.05, 4.69) is 98.1 Å². The normalized spacial score (nSPS) is 15.4. The molecule has 1 aliphatic carbocycles. The summed E-state index contributed by atoms with van der Waals surface area (Å²) in [7, 11) is 0. The van der Waals surface area contributed by atoms with E-state index in [1.807, 2.05) is 54.6 Å². The van der Waals surface area contributed by atoms with Gasteiger partial charge in [0, 0.05) is 39.7 Å². The molecule has 1 aliphatic heterocycles. The highest BCUT2D eigenvalue weighted by Gasteiger charge is 2.38. The fourth-order valence-electron chi connectivity index (χ4n) is 7.16. The summed E-state index contributed by atoms with van der Waals surface area (Å²) in [6, 6.07) is 32.0. The molecular formula is C44H44BrN4O5S+. The second kappa shape index (κ2) is 17.2. The van der Waals surface area contributed by atoms with Crippen LogP contribution in [0.15, 0.2) is 129 Å². The van der Waals surface area contributed by atoms with Crippen LogP contribution in [0, 0.1) is 6.92 Å². The van der Waals surface area contributed by atoms with E-state index in [4.69, 9.17) is 9.47 Å². The van der Waals surface area contributed by atoms with E-state index in [-0.39, 0.29) is 24.7 Å². The highest BCUT2D eigenvalue weighted by atomic mass is 79.9. The molecule has 55 heavy (non-hydrogen) atoms. The third-order valence-electron chi connectivity index (χ3n) is 9.68. The topological polar surface area (TPSA) is 88.1 Å². The minimum absolute atomic E-state index is 0.0187. The number of aryl methyl sites for hydroxylation is 2. The van der Waals surface area contributed by atoms with Crippen molar-refractivity contribution in [3.8, 4) is 5.75 Å². The van der Waals surface area contributed by atoms with E-state index in [9.17, 15) is 14.7 Å². The Morgan fingerprint density at radius 1 is 0.891 bits per heavy atom. The molecule has 0 fully saturated rings. The summed E-state index contributed by atoms with van der Waals surface area (Å²) in [5.74, 6) is 1.75. The predicted octanol–water partition coefficient (Wildman–Crippen LogP) is 7.82. The lowest BCUT2D eigenvalue weighted by molar-refractivity contribution is -0.665. The molecule has 0 saturated carbocycles. The summed E-state index contributed by atoms with van der Waals surface area (Å²) in [6.07, 6.45) is 3.94. The summed E-state index contributed by atoms with van der Waals surface area (Å²) < 4.78 is 16.8. The maximum Gasteiger partial charge on any atom is 0.321 e. The van der Waals surface area contributed by atoms with Gasteiger partial charge in [0.05, 0.1) is 43.5 Å². The molecule has 0 bridgehead atoms. The van der Waals surface area contributed by atoms with Gasteiger partial charge in [0.25, 0.3) is 5.82 Å². The summed E-state index contributed by atoms with van der Waals surface area (Å²) in [5.41, 5.74) is 7.58. The number of anilines is 2. The van der Waals surface area contributed by atoms with Crippen LogP contribution in [-0.4, -0.2) is 60.1 Å². The van der Waals surface area contributed by atoms with E-state index in [1.54, 1.807) is 12.1 Å². The van der Waals surface area contributed by atoms with Crippen molar-refractivity contribution >= 4 is 67.9 Å². The van der Waals surface area contributed by atoms with Crippen molar-refractivity contribution in [2.24, 2.45) is 0 Å². The van der Waals surface area contributed by atoms with Crippen LogP contribution < -0.4 is 19.1 Å². The molecule has 1 aromatic heterocycles. The highest BCUT2D eigenvalue weighted by Crippen LogP contribution is 2.46. The first-order chi connectivity index (χ1) is 26.8. The van der Waals surface area contributed by atoms with Gasteiger partial charge in [-0.1, -0.05) is 70.5 Å². The summed E-state index contributed by atoms with van der Waals surface area (Å²) in [4.78, 5) is 32.8. The van der Waals surface area contributed by atoms with Crippen molar-refractivity contribution in [2.75, 3.05) is 48.5 Å². The highest BCUT2D eigenvalue weighted by molar-refractivity contribution is 9.10. The molecule has 0 atom stereocenters. The maximum atomic E-state index is 14.6. The second-order valence-corrected chi connectivity index (χ2v) is 15.1. The number of carbonyl (C=O) groups excluding carboxylic acids is 2. The lowest BCUT2D eigenvalue weighted by atomic mass is 9.89. The Bertz CT molecular complexity index is 2320. The SMILES string of the molecule is CCN1/C(=C\C2=C(SCC(=O)Oc3ccccc3)C(=C/c3n(CC)c4cc(C)ccc4[n+]3Cc3ccccc3)/C2=O)N(CCOCCO)c2ccc(Br)cc21. The van der Waals surface area contributed by atoms with Crippen LogP contribution >= 0.6 is 27.7 Å². The number of hydrogen-bond acceptors (Lipinski definition) is 8. The third-order valence-corrected chi connectivity index (χ3v) is 11.3. The van der Waals surface area contributed by atoms with Gasteiger partial charge >= 0.3 is 5.97 Å². The number of thioether (sulfide) groups is 1. The number of benzene rings is 4. The average Bonchev–Trinajstić information content (AvgIpc) is 3.64. The molecule has 282 valence electrons. The van der Waals surface area contributed by atoms with Crippen molar-refractivity contribution in [3.05, 3.63) is 146 Å². The number of allylic oxidation sites excluding steroid dienone is 3. The van der Waals surface area contributed by atoms with Gasteiger partial charge < -0.3 is 24.4 Å². The Morgan fingerprint density at radius 3 is 2.38 bits per heavy atom. The Labute approximate surface area is 334 Å². The Kier molecular flexibility index (Phi) is 12.0. The number of hydrogen-bond donors (Lipinski definition) is 1. The number of rotatable bonds is 15. The number of esters is 1. The van der Waals surface area contributed by atoms with Gasteiger partial charge in [0.15, 0.2) is 16.8 Å². The number of aliphatic hydroxyl groups excluding tert-OH is 1. The Balaban J connectivity index is 1.34. The molecule has 0 radical (unpaired) electrons. The van der Waals surface area contributed by atoms with Gasteiger partial charge in [0.1, 0.15) is 18.1 Å². The van der Waals surface area contributed by atoms with Gasteiger partial charge in [-0.2, -0.15) is 0 Å². The molecule has 0 amide bonds. The Hall–Kier alpha value is -4.94. The molecular weight excluding hydrogens is 776 g/mol. The van der Waals surface area contributed by atoms with Crippen LogP contribution in [0.3, 0.4) is 0 Å². The number of ether oxygens (including phenoxy) is 2. The molecule has 0 spiro atoms. The van der Waals surface area contributed by atoms with Gasteiger partial charge in [-0.3, -0.25) is 9.59 Å². The van der Waals surface area contributed by atoms with Gasteiger partial charge in [-0.25, -0.2) is 9.13 Å². The molecule has 2 heterocycles. The first kappa shape index (κ1) is 38.3. The van der Waals surface area contributed by atoms with Gasteiger partial charge in [-0.05, 0) is 80.4 Å². The zero-order chi connectivity index (χ0) is 38.5. The largest absolute Gasteiger partial charge is 0.426 e. The number of halogens is 1. The van der Waals surface area contributed by atoms with Crippen LogP contribution in [-0.2, 0) is 27.4 Å². The van der Waals surface area contributed by atoms with Gasteiger partial charge in [-0.15, -0.1) is 11.8 Å². The zero-order valence-corrected chi connectivity index (χ0v) is 33.6. The average molecular weight is 821 g/mol. The van der Waals surface area contributed by atoms with Crippen LogP contribution in [0.5, 0.6) is 5.75 Å². The zero-order valence-electron chi connectivity index (χ0n) is 31.2. The van der Waals surface area contributed by atoms with E-state index < -0.39 is 5.97 Å². The molecule has 9 nitrogen and oxygen atoms in total. The number of ketones is 1. The number of imidazole rings is 1. The first-order valence-corrected chi connectivity index (χ1v) is 20.3. The molecule has 11 heteroatoms. The second-order valence-electron chi connectivity index (χ2n) is 13.2. The summed E-state index contributed by atoms with van der Waals surface area (Å²) in [6.45, 7) is 9.37. The fraction of sp³-hybridized carbons (Fsp3) is 0.250. The van der Waals surface area contributed by atoms with Crippen molar-refractivity contribution in [1.29, 1.82) is 0 Å². The number of nitrogens with zero attached hydrogens (tertiary/aromatic N) is 4. The minimum Gasteiger partial charge on any atom is -0.426 e. The van der Waals surface area contributed by atoms with Crippen molar-refractivity contribution in [1.82, 2.24) is 4.57 Å². The van der Waals surface area contributed by atoms with Crippen LogP contribution in [0.2, 0.25) is 0 Å². The maximum absolute atomic E-state index is 14.6. The van der Waals surface area contributed by atoms with E-state index >= 15 is 0 Å². The smallest absolute Gasteiger partial charge is 0.321 e. The predicted molar refractivity (Wildman–Crippen MR) is 223 cm³/mol. The number of aromatic nitrogens is 2. The number of aliphatic hydroxyl groups is 1. The minimum atomic E-state index is -0.400. The number of fused-ring (bicyclic) bond motifs is 2. The number of para-hydroxylation sites is 1. The van der Waals surface area contributed by atoms with E-state index in [1.165, 1.54) is 11.8 Å². The molecule has 1 N–H and O–H groups in total. The fourth-order valence-corrected chi connectivity index (χ4v) is 8.44. The number of Topliss-reactive ketones (excluding diaryl/α,β-unsaturated/α-hetero) is 1. The van der Waals surface area contributed by atoms with Crippen LogP contribution in [0.4, 0.5) is 11.4 Å². The monoisotopic (exact) mass is 819 g/mol. The van der Waals surface area contributed by atoms with Gasteiger partial charge in [0.2, 0.25) is 0 Å². The van der Waals surface area contributed by atoms with Crippen molar-refractivity contribution in [2.45, 2.75) is 33.9 Å². The van der Waals surface area contributed by atoms with E-state index in [0.29, 0.717) is 49.7 Å². The quantitative estimate of drug-likeness (QED) is 0.0377. The lowest BCUT2D eigenvalue weighted by Crippen LogP contribution is -2.38. The molecule has 0 unspecified atom stereocenters. The van der Waals surface area contributed by atoms with Crippen molar-refractivity contribution < 1.29 is 28.7 Å². The third kappa shape index (κ3) is 8.07. The molecule has 5 aromatic rings. The number of carbonyl (C=O) groups is 2. The summed E-state index contributed by atoms with van der Waals surface area (Å²) >= 11 is 4.96.